The number of aryl methyl sites for hydroxylation is 1. The van der Waals surface area contributed by atoms with Gasteiger partial charge in [0.15, 0.2) is 0 Å². The number of ether oxygens (including phenoxy) is 1. The van der Waals surface area contributed by atoms with E-state index < -0.39 is 5.54 Å². The number of rotatable bonds is 6. The second-order valence-electron chi connectivity index (χ2n) is 4.57. The van der Waals surface area contributed by atoms with Gasteiger partial charge in [0.05, 0.1) is 6.07 Å². The van der Waals surface area contributed by atoms with Crippen LogP contribution in [0, 0.1) is 24.1 Å². The highest BCUT2D eigenvalue weighted by Crippen LogP contribution is 2.17. The van der Waals surface area contributed by atoms with Gasteiger partial charge in [-0.2, -0.15) is 5.26 Å². The molecule has 1 rings (SSSR count). The van der Waals surface area contributed by atoms with Crippen LogP contribution < -0.4 is 10.1 Å². The Hall–Kier alpha value is -1.60. The average molecular weight is 250 g/mol. The molecule has 1 N–H and O–H groups in total. The van der Waals surface area contributed by atoms with Crippen molar-refractivity contribution >= 4 is 0 Å². The number of nitrogens with zero attached hydrogens (tertiary/aromatic N) is 1. The number of nitrogens with one attached hydrogen (secondary N) is 1. The number of hydrogen-bond donors (Lipinski definition) is 1. The van der Waals surface area contributed by atoms with Crippen molar-refractivity contribution < 1.29 is 9.13 Å². The third-order valence-corrected chi connectivity index (χ3v) is 2.68. The third kappa shape index (κ3) is 4.01. The Labute approximate surface area is 108 Å². The van der Waals surface area contributed by atoms with Crippen LogP contribution in [0.25, 0.3) is 0 Å². The molecule has 98 valence electrons. The van der Waals surface area contributed by atoms with E-state index in [1.54, 1.807) is 26.0 Å². The fraction of sp³-hybridized carbons (Fsp3) is 0.500. The smallest absolute Gasteiger partial charge is 0.138 e. The molecule has 0 aliphatic rings. The molecular formula is C14H19FN2O. The van der Waals surface area contributed by atoms with Crippen molar-refractivity contribution in [2.24, 2.45) is 0 Å². The summed E-state index contributed by atoms with van der Waals surface area (Å²) in [7, 11) is 0. The SMILES string of the molecule is CCCNC(C)(C#N)COc1ccc(C)c(F)c1. The first-order valence-electron chi connectivity index (χ1n) is 6.06. The first kappa shape index (κ1) is 14.5. The fourth-order valence-corrected chi connectivity index (χ4v) is 1.41. The quantitative estimate of drug-likeness (QED) is 0.844. The van der Waals surface area contributed by atoms with Gasteiger partial charge in [-0.3, -0.25) is 5.32 Å². The molecule has 1 aromatic rings. The van der Waals surface area contributed by atoms with Crippen molar-refractivity contribution in [1.82, 2.24) is 5.32 Å². The average Bonchev–Trinajstić information content (AvgIpc) is 2.38. The van der Waals surface area contributed by atoms with Gasteiger partial charge in [0.1, 0.15) is 23.7 Å². The molecule has 0 saturated heterocycles. The zero-order valence-corrected chi connectivity index (χ0v) is 11.1. The minimum Gasteiger partial charge on any atom is -0.490 e. The van der Waals surface area contributed by atoms with Crippen LogP contribution in [0.3, 0.4) is 0 Å². The lowest BCUT2D eigenvalue weighted by atomic mass is 10.1. The zero-order chi connectivity index (χ0) is 13.6. The van der Waals surface area contributed by atoms with E-state index in [4.69, 9.17) is 10.00 Å². The summed E-state index contributed by atoms with van der Waals surface area (Å²) in [6, 6.07) is 6.88. The summed E-state index contributed by atoms with van der Waals surface area (Å²) in [6.07, 6.45) is 0.941. The molecule has 0 radical (unpaired) electrons. The van der Waals surface area contributed by atoms with Gasteiger partial charge in [-0.1, -0.05) is 13.0 Å². The molecule has 0 saturated carbocycles. The molecule has 0 bridgehead atoms. The van der Waals surface area contributed by atoms with Gasteiger partial charge in [0, 0.05) is 6.07 Å². The molecule has 1 atom stereocenters. The highest BCUT2D eigenvalue weighted by atomic mass is 19.1. The monoisotopic (exact) mass is 250 g/mol. The molecule has 0 spiro atoms. The Morgan fingerprint density at radius 3 is 2.78 bits per heavy atom. The largest absolute Gasteiger partial charge is 0.490 e. The van der Waals surface area contributed by atoms with E-state index in [-0.39, 0.29) is 12.4 Å². The normalized spacial score (nSPS) is 13.7. The van der Waals surface area contributed by atoms with Gasteiger partial charge in [0.25, 0.3) is 0 Å². The van der Waals surface area contributed by atoms with E-state index in [0.717, 1.165) is 13.0 Å². The molecule has 3 nitrogen and oxygen atoms in total. The van der Waals surface area contributed by atoms with Crippen LogP contribution in [-0.4, -0.2) is 18.7 Å². The molecule has 0 aliphatic carbocycles. The van der Waals surface area contributed by atoms with Crippen molar-refractivity contribution in [3.05, 3.63) is 29.6 Å². The van der Waals surface area contributed by atoms with Crippen LogP contribution in [0.15, 0.2) is 18.2 Å². The zero-order valence-electron chi connectivity index (χ0n) is 11.1. The molecule has 0 fully saturated rings. The summed E-state index contributed by atoms with van der Waals surface area (Å²) in [5, 5.41) is 12.2. The molecule has 0 aromatic heterocycles. The van der Waals surface area contributed by atoms with Crippen LogP contribution >= 0.6 is 0 Å². The van der Waals surface area contributed by atoms with Crippen LogP contribution in [0.5, 0.6) is 5.75 Å². The second kappa shape index (κ2) is 6.36. The number of nitriles is 1. The van der Waals surface area contributed by atoms with Crippen molar-refractivity contribution in [2.75, 3.05) is 13.2 Å². The molecule has 0 heterocycles. The van der Waals surface area contributed by atoms with Crippen LogP contribution in [0.1, 0.15) is 25.8 Å². The third-order valence-electron chi connectivity index (χ3n) is 2.68. The minimum absolute atomic E-state index is 0.187. The Bertz CT molecular complexity index is 442. The molecule has 0 amide bonds. The Balaban J connectivity index is 2.62. The van der Waals surface area contributed by atoms with Crippen molar-refractivity contribution in [2.45, 2.75) is 32.7 Å². The highest BCUT2D eigenvalue weighted by molar-refractivity contribution is 5.28. The summed E-state index contributed by atoms with van der Waals surface area (Å²) < 4.78 is 18.8. The van der Waals surface area contributed by atoms with Crippen LogP contribution in [0.4, 0.5) is 4.39 Å². The maximum absolute atomic E-state index is 13.3. The summed E-state index contributed by atoms with van der Waals surface area (Å²) in [6.45, 7) is 6.43. The van der Waals surface area contributed by atoms with Crippen molar-refractivity contribution in [1.29, 1.82) is 5.26 Å². The van der Waals surface area contributed by atoms with E-state index in [0.29, 0.717) is 11.3 Å². The van der Waals surface area contributed by atoms with Gasteiger partial charge < -0.3 is 4.74 Å². The molecule has 18 heavy (non-hydrogen) atoms. The predicted molar refractivity (Wildman–Crippen MR) is 68.9 cm³/mol. The summed E-state index contributed by atoms with van der Waals surface area (Å²) in [5.74, 6) is 0.144. The Morgan fingerprint density at radius 1 is 1.50 bits per heavy atom. The van der Waals surface area contributed by atoms with E-state index >= 15 is 0 Å². The van der Waals surface area contributed by atoms with E-state index in [2.05, 4.69) is 11.4 Å². The molecule has 1 aromatic carbocycles. The number of hydrogen-bond acceptors (Lipinski definition) is 3. The lowest BCUT2D eigenvalue weighted by Crippen LogP contribution is -2.46. The van der Waals surface area contributed by atoms with E-state index in [1.807, 2.05) is 6.92 Å². The van der Waals surface area contributed by atoms with E-state index in [1.165, 1.54) is 6.07 Å². The number of halogens is 1. The maximum Gasteiger partial charge on any atom is 0.138 e. The minimum atomic E-state index is -0.753. The molecule has 4 heteroatoms. The van der Waals surface area contributed by atoms with Crippen LogP contribution in [-0.2, 0) is 0 Å². The first-order valence-corrected chi connectivity index (χ1v) is 6.06. The molecule has 1 unspecified atom stereocenters. The summed E-state index contributed by atoms with van der Waals surface area (Å²) >= 11 is 0. The Morgan fingerprint density at radius 2 is 2.22 bits per heavy atom. The Kier molecular flexibility index (Phi) is 5.11. The van der Waals surface area contributed by atoms with Crippen LogP contribution in [0.2, 0.25) is 0 Å². The lowest BCUT2D eigenvalue weighted by Gasteiger charge is -2.23. The predicted octanol–water partition coefficient (Wildman–Crippen LogP) is 2.79. The topological polar surface area (TPSA) is 45.0 Å². The van der Waals surface area contributed by atoms with Gasteiger partial charge >= 0.3 is 0 Å². The highest BCUT2D eigenvalue weighted by Gasteiger charge is 2.23. The second-order valence-corrected chi connectivity index (χ2v) is 4.57. The first-order chi connectivity index (χ1) is 8.50. The maximum atomic E-state index is 13.3. The van der Waals surface area contributed by atoms with Gasteiger partial charge in [-0.25, -0.2) is 4.39 Å². The summed E-state index contributed by atoms with van der Waals surface area (Å²) in [4.78, 5) is 0. The van der Waals surface area contributed by atoms with Crippen molar-refractivity contribution in [3.63, 3.8) is 0 Å². The number of benzene rings is 1. The summed E-state index contributed by atoms with van der Waals surface area (Å²) in [5.41, 5.74) is -0.174. The fourth-order valence-electron chi connectivity index (χ4n) is 1.41. The van der Waals surface area contributed by atoms with Gasteiger partial charge in [-0.15, -0.1) is 0 Å². The lowest BCUT2D eigenvalue weighted by molar-refractivity contribution is 0.233. The molecule has 0 aliphatic heterocycles. The van der Waals surface area contributed by atoms with Gasteiger partial charge in [0.2, 0.25) is 0 Å². The molecular weight excluding hydrogens is 231 g/mol. The van der Waals surface area contributed by atoms with Crippen molar-refractivity contribution in [3.8, 4) is 11.8 Å². The van der Waals surface area contributed by atoms with Gasteiger partial charge in [-0.05, 0) is 38.4 Å². The van der Waals surface area contributed by atoms with E-state index in [9.17, 15) is 4.39 Å². The standard InChI is InChI=1S/C14H19FN2O/c1-4-7-17-14(3,9-16)10-18-12-6-5-11(2)13(15)8-12/h5-6,8,17H,4,7,10H2,1-3H3.